The lowest BCUT2D eigenvalue weighted by molar-refractivity contribution is 0.625. The number of aromatic nitrogens is 3. The van der Waals surface area contributed by atoms with E-state index in [-0.39, 0.29) is 16.0 Å². The van der Waals surface area contributed by atoms with Crippen LogP contribution in [0.3, 0.4) is 0 Å². The minimum atomic E-state index is -0.617. The van der Waals surface area contributed by atoms with Gasteiger partial charge in [0.15, 0.2) is 11.0 Å². The molecule has 0 atom stereocenters. The molecule has 3 nitrogen and oxygen atoms in total. The molecule has 0 radical (unpaired) electrons. The van der Waals surface area contributed by atoms with E-state index in [0.717, 1.165) is 0 Å². The Balaban J connectivity index is 2.59. The molecule has 6 heteroatoms. The Morgan fingerprint density at radius 2 is 1.80 bits per heavy atom. The molecule has 0 amide bonds. The highest BCUT2D eigenvalue weighted by Crippen LogP contribution is 2.24. The quantitative estimate of drug-likeness (QED) is 0.571. The van der Waals surface area contributed by atoms with Gasteiger partial charge in [-0.05, 0) is 23.7 Å². The van der Waals surface area contributed by atoms with E-state index in [9.17, 15) is 4.39 Å². The van der Waals surface area contributed by atoms with Crippen LogP contribution in [0.5, 0.6) is 0 Å². The summed E-state index contributed by atoms with van der Waals surface area (Å²) in [6.45, 7) is 0. The van der Waals surface area contributed by atoms with E-state index in [0.29, 0.717) is 5.69 Å². The van der Waals surface area contributed by atoms with Crippen LogP contribution in [-0.4, -0.2) is 15.0 Å². The van der Waals surface area contributed by atoms with Crippen molar-refractivity contribution < 1.29 is 4.39 Å². The smallest absolute Gasteiger partial charge is 0.222 e. The maximum Gasteiger partial charge on any atom is 0.222 e. The molecular weight excluding hydrogens is 240 g/mol. The highest BCUT2D eigenvalue weighted by atomic mass is 35.5. The number of halogens is 3. The monoisotopic (exact) mass is 243 g/mol. The summed E-state index contributed by atoms with van der Waals surface area (Å²) in [5.74, 6) is -0.617. The first-order valence-electron chi connectivity index (χ1n) is 3.97. The van der Waals surface area contributed by atoms with Crippen molar-refractivity contribution in [3.05, 3.63) is 40.8 Å². The van der Waals surface area contributed by atoms with Crippen molar-refractivity contribution in [1.82, 2.24) is 15.0 Å². The van der Waals surface area contributed by atoms with Crippen molar-refractivity contribution in [3.63, 3.8) is 0 Å². The van der Waals surface area contributed by atoms with Crippen LogP contribution in [0.4, 0.5) is 4.39 Å². The third-order valence-corrected chi connectivity index (χ3v) is 2.19. The normalized spacial score (nSPS) is 10.3. The Kier molecular flexibility index (Phi) is 2.79. The average Bonchev–Trinajstić information content (AvgIpc) is 2.22. The van der Waals surface area contributed by atoms with Gasteiger partial charge in [-0.3, -0.25) is 0 Å². The Morgan fingerprint density at radius 1 is 1.07 bits per heavy atom. The second kappa shape index (κ2) is 4.08. The summed E-state index contributed by atoms with van der Waals surface area (Å²) >= 11 is 11.1. The van der Waals surface area contributed by atoms with Crippen LogP contribution in [0, 0.1) is 5.82 Å². The molecule has 0 N–H and O–H groups in total. The lowest BCUT2D eigenvalue weighted by Crippen LogP contribution is -1.92. The van der Waals surface area contributed by atoms with Crippen molar-refractivity contribution in [2.45, 2.75) is 0 Å². The predicted molar refractivity (Wildman–Crippen MR) is 55.2 cm³/mol. The van der Waals surface area contributed by atoms with Gasteiger partial charge in [-0.25, -0.2) is 19.3 Å². The molecule has 0 aliphatic carbocycles. The molecule has 0 spiro atoms. The molecule has 15 heavy (non-hydrogen) atoms. The highest BCUT2D eigenvalue weighted by Gasteiger charge is 2.10. The largest absolute Gasteiger partial charge is 0.242 e. The van der Waals surface area contributed by atoms with Gasteiger partial charge in [-0.15, -0.1) is 0 Å². The number of hydrogen-bond acceptors (Lipinski definition) is 3. The topological polar surface area (TPSA) is 38.7 Å². The molecule has 0 aromatic carbocycles. The van der Waals surface area contributed by atoms with Crippen LogP contribution >= 0.6 is 23.2 Å². The summed E-state index contributed by atoms with van der Waals surface area (Å²) in [6, 6.07) is 3.01. The number of pyridine rings is 1. The summed E-state index contributed by atoms with van der Waals surface area (Å²) in [5.41, 5.74) is 0.621. The van der Waals surface area contributed by atoms with Crippen LogP contribution in [-0.2, 0) is 0 Å². The predicted octanol–water partition coefficient (Wildman–Crippen LogP) is 2.98. The van der Waals surface area contributed by atoms with Crippen molar-refractivity contribution >= 4 is 23.2 Å². The fourth-order valence-electron chi connectivity index (χ4n) is 1.10. The van der Waals surface area contributed by atoms with Crippen LogP contribution in [0.15, 0.2) is 24.5 Å². The lowest BCUT2D eigenvalue weighted by atomic mass is 10.2. The van der Waals surface area contributed by atoms with Crippen LogP contribution in [0.25, 0.3) is 11.3 Å². The first kappa shape index (κ1) is 10.3. The first-order chi connectivity index (χ1) is 7.18. The molecule has 0 fully saturated rings. The Hall–Kier alpha value is -1.26. The molecule has 0 aliphatic rings. The Labute approximate surface area is 94.9 Å². The highest BCUT2D eigenvalue weighted by molar-refractivity contribution is 6.30. The third-order valence-electron chi connectivity index (χ3n) is 1.75. The van der Waals surface area contributed by atoms with E-state index < -0.39 is 5.82 Å². The van der Waals surface area contributed by atoms with Gasteiger partial charge in [-0.1, -0.05) is 11.6 Å². The van der Waals surface area contributed by atoms with E-state index in [1.54, 1.807) is 6.07 Å². The van der Waals surface area contributed by atoms with E-state index in [1.165, 1.54) is 18.5 Å². The molecular formula is C9H4Cl2FN3. The summed E-state index contributed by atoms with van der Waals surface area (Å²) in [4.78, 5) is 11.2. The molecule has 2 aromatic rings. The molecule has 0 bridgehead atoms. The molecule has 0 saturated carbocycles. The van der Waals surface area contributed by atoms with Gasteiger partial charge in [0, 0.05) is 18.0 Å². The Bertz CT molecular complexity index is 504. The molecule has 0 aliphatic heterocycles. The van der Waals surface area contributed by atoms with Gasteiger partial charge in [0.25, 0.3) is 0 Å². The molecule has 0 unspecified atom stereocenters. The van der Waals surface area contributed by atoms with E-state index in [1.807, 2.05) is 0 Å². The molecule has 2 rings (SSSR count). The number of hydrogen-bond donors (Lipinski definition) is 0. The zero-order valence-electron chi connectivity index (χ0n) is 7.28. The summed E-state index contributed by atoms with van der Waals surface area (Å²) in [7, 11) is 0. The van der Waals surface area contributed by atoms with E-state index >= 15 is 0 Å². The summed E-state index contributed by atoms with van der Waals surface area (Å²) < 4.78 is 13.5. The number of nitrogens with zero attached hydrogens (tertiary/aromatic N) is 3. The Morgan fingerprint density at radius 3 is 2.53 bits per heavy atom. The van der Waals surface area contributed by atoms with Crippen molar-refractivity contribution in [2.24, 2.45) is 0 Å². The zero-order valence-corrected chi connectivity index (χ0v) is 8.80. The summed E-state index contributed by atoms with van der Waals surface area (Å²) in [6.07, 6.45) is 2.84. The first-order valence-corrected chi connectivity index (χ1v) is 4.73. The van der Waals surface area contributed by atoms with Gasteiger partial charge >= 0.3 is 0 Å². The van der Waals surface area contributed by atoms with Gasteiger partial charge in [0.05, 0.1) is 5.69 Å². The van der Waals surface area contributed by atoms with Crippen molar-refractivity contribution in [1.29, 1.82) is 0 Å². The summed E-state index contributed by atoms with van der Waals surface area (Å²) in [5, 5.41) is -0.137. The second-order valence-corrected chi connectivity index (χ2v) is 3.37. The SMILES string of the molecule is Fc1c(-c2ccnc(Cl)n2)ccnc1Cl. The minimum absolute atomic E-state index is 0.0554. The number of rotatable bonds is 1. The molecule has 2 heterocycles. The second-order valence-electron chi connectivity index (χ2n) is 2.67. The lowest BCUT2D eigenvalue weighted by Gasteiger charge is -2.02. The zero-order chi connectivity index (χ0) is 10.8. The maximum absolute atomic E-state index is 13.5. The third kappa shape index (κ3) is 2.06. The van der Waals surface area contributed by atoms with Gasteiger partial charge in [0.1, 0.15) is 0 Å². The van der Waals surface area contributed by atoms with Crippen molar-refractivity contribution in [2.75, 3.05) is 0 Å². The fourth-order valence-corrected chi connectivity index (χ4v) is 1.41. The van der Waals surface area contributed by atoms with Gasteiger partial charge < -0.3 is 0 Å². The average molecular weight is 244 g/mol. The molecule has 0 saturated heterocycles. The maximum atomic E-state index is 13.5. The fraction of sp³-hybridized carbons (Fsp3) is 0. The molecule has 76 valence electrons. The van der Waals surface area contributed by atoms with Crippen LogP contribution in [0.1, 0.15) is 0 Å². The van der Waals surface area contributed by atoms with Gasteiger partial charge in [-0.2, -0.15) is 0 Å². The molecule has 2 aromatic heterocycles. The minimum Gasteiger partial charge on any atom is -0.242 e. The van der Waals surface area contributed by atoms with Crippen molar-refractivity contribution in [3.8, 4) is 11.3 Å². The van der Waals surface area contributed by atoms with Gasteiger partial charge in [0.2, 0.25) is 5.28 Å². The van der Waals surface area contributed by atoms with E-state index in [4.69, 9.17) is 23.2 Å². The van der Waals surface area contributed by atoms with E-state index in [2.05, 4.69) is 15.0 Å². The van der Waals surface area contributed by atoms with Crippen LogP contribution < -0.4 is 0 Å². The van der Waals surface area contributed by atoms with Crippen LogP contribution in [0.2, 0.25) is 10.4 Å². The standard InChI is InChI=1S/C9H4Cl2FN3/c10-8-7(12)5(1-3-13-8)6-2-4-14-9(11)15-6/h1-4H.